The summed E-state index contributed by atoms with van der Waals surface area (Å²) in [4.78, 5) is 27.8. The lowest BCUT2D eigenvalue weighted by Crippen LogP contribution is -2.53. The number of urea groups is 1. The fourth-order valence-corrected chi connectivity index (χ4v) is 4.56. The van der Waals surface area contributed by atoms with Gasteiger partial charge in [0, 0.05) is 39.0 Å². The number of anilines is 1. The molecule has 2 heterocycles. The zero-order chi connectivity index (χ0) is 26.1. The van der Waals surface area contributed by atoms with E-state index in [-0.39, 0.29) is 19.1 Å². The molecule has 0 bridgehead atoms. The second-order valence-corrected chi connectivity index (χ2v) is 8.98. The minimum absolute atomic E-state index is 0.144. The molecule has 0 radical (unpaired) electrons. The van der Waals surface area contributed by atoms with Gasteiger partial charge in [0.25, 0.3) is 5.67 Å². The molecule has 196 valence electrons. The quantitative estimate of drug-likeness (QED) is 0.554. The maximum absolute atomic E-state index is 13.9. The number of carbonyl (C=O) groups excluding carboxylic acids is 2. The molecule has 35 heavy (non-hydrogen) atoms. The van der Waals surface area contributed by atoms with Gasteiger partial charge in [-0.1, -0.05) is 12.1 Å². The van der Waals surface area contributed by atoms with E-state index in [1.165, 1.54) is 12.0 Å². The number of halogens is 7. The Kier molecular flexibility index (Phi) is 7.47. The van der Waals surface area contributed by atoms with Crippen LogP contribution in [-0.2, 0) is 4.79 Å². The van der Waals surface area contributed by atoms with Gasteiger partial charge in [0.15, 0.2) is 0 Å². The zero-order valence-electron chi connectivity index (χ0n) is 18.9. The summed E-state index contributed by atoms with van der Waals surface area (Å²) in [6.45, 7) is 1.02. The summed E-state index contributed by atoms with van der Waals surface area (Å²) in [5.41, 5.74) is -5.33. The Hall–Kier alpha value is -2.73. The number of para-hydroxylation sites is 2. The maximum atomic E-state index is 13.9. The monoisotopic (exact) mass is 513 g/mol. The van der Waals surface area contributed by atoms with Crippen LogP contribution in [0.3, 0.4) is 0 Å². The largest absolute Gasteiger partial charge is 0.495 e. The minimum Gasteiger partial charge on any atom is -0.495 e. The number of ether oxygens (including phenoxy) is 1. The Labute approximate surface area is 197 Å². The SMILES string of the molecule is COc1ccccc1NC(=O)N1CCC2(CCN(C(=O)CCC(F)(C(F)(F)F)C(F)(F)F)C2)CC1. The molecular weight excluding hydrogens is 487 g/mol. The van der Waals surface area contributed by atoms with Gasteiger partial charge < -0.3 is 19.9 Å². The van der Waals surface area contributed by atoms with Crippen molar-refractivity contribution in [2.75, 3.05) is 38.6 Å². The molecule has 1 aromatic rings. The number of alkyl halides is 7. The highest BCUT2D eigenvalue weighted by Gasteiger charge is 2.72. The van der Waals surface area contributed by atoms with Gasteiger partial charge in [0.2, 0.25) is 5.91 Å². The first-order chi connectivity index (χ1) is 16.2. The molecule has 2 saturated heterocycles. The molecule has 2 aliphatic heterocycles. The van der Waals surface area contributed by atoms with E-state index in [0.717, 1.165) is 0 Å². The molecule has 0 saturated carbocycles. The van der Waals surface area contributed by atoms with Crippen molar-refractivity contribution >= 4 is 17.6 Å². The number of hydrogen-bond acceptors (Lipinski definition) is 3. The number of nitrogens with one attached hydrogen (secondary N) is 1. The lowest BCUT2D eigenvalue weighted by Gasteiger charge is -2.39. The minimum atomic E-state index is -6.17. The van der Waals surface area contributed by atoms with Gasteiger partial charge in [-0.05, 0) is 36.8 Å². The first kappa shape index (κ1) is 26.9. The fraction of sp³-hybridized carbons (Fsp3) is 0.636. The average molecular weight is 513 g/mol. The van der Waals surface area contributed by atoms with Crippen molar-refractivity contribution in [1.82, 2.24) is 9.80 Å². The van der Waals surface area contributed by atoms with Gasteiger partial charge in [-0.15, -0.1) is 0 Å². The van der Waals surface area contributed by atoms with Gasteiger partial charge in [0.1, 0.15) is 5.75 Å². The Morgan fingerprint density at radius 1 is 0.943 bits per heavy atom. The van der Waals surface area contributed by atoms with E-state index < -0.39 is 42.2 Å². The normalized spacial score (nSPS) is 18.6. The van der Waals surface area contributed by atoms with Crippen LogP contribution in [0.15, 0.2) is 24.3 Å². The second-order valence-electron chi connectivity index (χ2n) is 8.98. The molecule has 1 N–H and O–H groups in total. The number of hydrogen-bond donors (Lipinski definition) is 1. The van der Waals surface area contributed by atoms with E-state index in [4.69, 9.17) is 4.74 Å². The molecule has 13 heteroatoms. The third-order valence-corrected chi connectivity index (χ3v) is 6.83. The smallest absolute Gasteiger partial charge is 0.431 e. The average Bonchev–Trinajstić information content (AvgIpc) is 3.20. The highest BCUT2D eigenvalue weighted by Crippen LogP contribution is 2.49. The zero-order valence-corrected chi connectivity index (χ0v) is 18.9. The van der Waals surface area contributed by atoms with Crippen molar-refractivity contribution in [2.45, 2.75) is 50.1 Å². The van der Waals surface area contributed by atoms with Crippen LogP contribution >= 0.6 is 0 Å². The van der Waals surface area contributed by atoms with Crippen LogP contribution in [0.5, 0.6) is 5.75 Å². The molecule has 2 fully saturated rings. The number of methoxy groups -OCH3 is 1. The highest BCUT2D eigenvalue weighted by molar-refractivity contribution is 5.91. The number of piperidine rings is 1. The molecule has 1 aromatic carbocycles. The first-order valence-electron chi connectivity index (χ1n) is 11.0. The van der Waals surface area contributed by atoms with E-state index in [0.29, 0.717) is 43.8 Å². The van der Waals surface area contributed by atoms with Gasteiger partial charge >= 0.3 is 18.4 Å². The van der Waals surface area contributed by atoms with E-state index in [2.05, 4.69) is 5.32 Å². The molecule has 2 aliphatic rings. The summed E-state index contributed by atoms with van der Waals surface area (Å²) >= 11 is 0. The fourth-order valence-electron chi connectivity index (χ4n) is 4.56. The Bertz CT molecular complexity index is 914. The molecule has 0 aromatic heterocycles. The van der Waals surface area contributed by atoms with Crippen molar-refractivity contribution in [3.8, 4) is 5.75 Å². The van der Waals surface area contributed by atoms with Gasteiger partial charge in [-0.3, -0.25) is 4.79 Å². The molecule has 3 rings (SSSR count). The van der Waals surface area contributed by atoms with E-state index in [1.807, 2.05) is 0 Å². The van der Waals surface area contributed by atoms with E-state index >= 15 is 0 Å². The van der Waals surface area contributed by atoms with Gasteiger partial charge in [-0.25, -0.2) is 9.18 Å². The third kappa shape index (κ3) is 5.58. The summed E-state index contributed by atoms with van der Waals surface area (Å²) in [5.74, 6) is -0.457. The predicted molar refractivity (Wildman–Crippen MR) is 112 cm³/mol. The number of benzene rings is 1. The summed E-state index contributed by atoms with van der Waals surface area (Å²) in [5, 5.41) is 2.77. The van der Waals surface area contributed by atoms with Gasteiger partial charge in [0.05, 0.1) is 12.8 Å². The number of nitrogens with zero attached hydrogens (tertiary/aromatic N) is 2. The van der Waals surface area contributed by atoms with Crippen LogP contribution in [0.25, 0.3) is 0 Å². The number of carbonyl (C=O) groups is 2. The molecule has 1 spiro atoms. The Balaban J connectivity index is 1.53. The number of amides is 3. The van der Waals surface area contributed by atoms with Crippen molar-refractivity contribution in [3.05, 3.63) is 24.3 Å². The molecular formula is C22H26F7N3O3. The van der Waals surface area contributed by atoms with Crippen molar-refractivity contribution in [3.63, 3.8) is 0 Å². The number of likely N-dealkylation sites (tertiary alicyclic amines) is 2. The molecule has 6 nitrogen and oxygen atoms in total. The first-order valence-corrected chi connectivity index (χ1v) is 11.0. The molecule has 0 unspecified atom stereocenters. The summed E-state index contributed by atoms with van der Waals surface area (Å²) in [6.07, 6.45) is -14.1. The number of rotatable bonds is 5. The molecule has 0 aliphatic carbocycles. The molecule has 3 amide bonds. The van der Waals surface area contributed by atoms with E-state index in [1.54, 1.807) is 29.2 Å². The molecule has 0 atom stereocenters. The Morgan fingerprint density at radius 3 is 2.03 bits per heavy atom. The van der Waals surface area contributed by atoms with Crippen LogP contribution < -0.4 is 10.1 Å². The standard InChI is InChI=1S/C22H26F7N3O3/c1-35-16-5-3-2-4-15(16)30-18(34)31-11-8-19(9-12-31)10-13-32(14-19)17(33)6-7-20(23,21(24,25)26)22(27,28)29/h2-5H,6-14H2,1H3,(H,30,34). The second kappa shape index (κ2) is 9.73. The third-order valence-electron chi connectivity index (χ3n) is 6.83. The van der Waals surface area contributed by atoms with Crippen molar-refractivity contribution in [1.29, 1.82) is 0 Å². The summed E-state index contributed by atoms with van der Waals surface area (Å²) in [7, 11) is 1.47. The Morgan fingerprint density at radius 2 is 1.49 bits per heavy atom. The van der Waals surface area contributed by atoms with Crippen molar-refractivity contribution < 1.29 is 45.1 Å². The van der Waals surface area contributed by atoms with Crippen molar-refractivity contribution in [2.24, 2.45) is 5.41 Å². The van der Waals surface area contributed by atoms with Gasteiger partial charge in [-0.2, -0.15) is 26.3 Å². The van der Waals surface area contributed by atoms with Crippen LogP contribution in [0.2, 0.25) is 0 Å². The van der Waals surface area contributed by atoms with E-state index in [9.17, 15) is 40.3 Å². The summed E-state index contributed by atoms with van der Waals surface area (Å²) < 4.78 is 95.4. The van der Waals surface area contributed by atoms with Crippen LogP contribution in [-0.4, -0.2) is 73.0 Å². The topological polar surface area (TPSA) is 61.9 Å². The predicted octanol–water partition coefficient (Wildman–Crippen LogP) is 5.15. The summed E-state index contributed by atoms with van der Waals surface area (Å²) in [6, 6.07) is 6.54. The highest BCUT2D eigenvalue weighted by atomic mass is 19.4. The maximum Gasteiger partial charge on any atom is 0.431 e. The lowest BCUT2D eigenvalue weighted by atomic mass is 9.78. The van der Waals surface area contributed by atoms with Crippen LogP contribution in [0, 0.1) is 5.41 Å². The van der Waals surface area contributed by atoms with Crippen LogP contribution in [0.1, 0.15) is 32.1 Å². The lowest BCUT2D eigenvalue weighted by molar-refractivity contribution is -0.343. The van der Waals surface area contributed by atoms with Crippen LogP contribution in [0.4, 0.5) is 41.2 Å².